The Balaban J connectivity index is 2.64. The zero-order valence-electron chi connectivity index (χ0n) is 12.2. The average molecular weight is 296 g/mol. The fraction of sp³-hybridized carbons (Fsp3) is 0.429. The molecule has 0 heterocycles. The highest BCUT2D eigenvalue weighted by atomic mass is 32.2. The van der Waals surface area contributed by atoms with Crippen molar-refractivity contribution < 1.29 is 14.3 Å². The molecule has 0 bridgehead atoms. The zero-order valence-corrected chi connectivity index (χ0v) is 13.0. The van der Waals surface area contributed by atoms with Crippen molar-refractivity contribution in [1.29, 1.82) is 0 Å². The van der Waals surface area contributed by atoms with Crippen LogP contribution in [0.4, 0.5) is 0 Å². The summed E-state index contributed by atoms with van der Waals surface area (Å²) in [4.78, 5) is 22.9. The summed E-state index contributed by atoms with van der Waals surface area (Å²) >= 11 is 1.48. The molecule has 0 aliphatic heterocycles. The molecule has 1 amide bonds. The van der Waals surface area contributed by atoms with Gasteiger partial charge >= 0.3 is 0 Å². The number of hydrazine groups is 1. The average Bonchev–Trinajstić information content (AvgIpc) is 2.37. The Kier molecular flexibility index (Phi) is 6.54. The van der Waals surface area contributed by atoms with E-state index in [1.54, 1.807) is 38.3 Å². The maximum absolute atomic E-state index is 11.5. The molecule has 0 aliphatic carbocycles. The Labute approximate surface area is 123 Å². The molecule has 0 atom stereocenters. The quantitative estimate of drug-likeness (QED) is 0.613. The largest absolute Gasteiger partial charge is 0.496 e. The number of carbonyl (C=O) groups is 2. The highest BCUT2D eigenvalue weighted by Gasteiger charge is 2.09. The summed E-state index contributed by atoms with van der Waals surface area (Å²) in [5.41, 5.74) is 4.25. The van der Waals surface area contributed by atoms with Crippen LogP contribution >= 0.6 is 11.8 Å². The van der Waals surface area contributed by atoms with Crippen LogP contribution in [0.25, 0.3) is 0 Å². The van der Waals surface area contributed by atoms with Crippen LogP contribution in [0.15, 0.2) is 18.2 Å². The second-order valence-electron chi connectivity index (χ2n) is 4.51. The van der Waals surface area contributed by atoms with Gasteiger partial charge in [-0.1, -0.05) is 0 Å². The molecule has 0 unspecified atom stereocenters. The van der Waals surface area contributed by atoms with E-state index in [1.807, 2.05) is 6.07 Å². The summed E-state index contributed by atoms with van der Waals surface area (Å²) in [6.07, 6.45) is 0. The van der Waals surface area contributed by atoms with Gasteiger partial charge in [0.2, 0.25) is 5.91 Å². The summed E-state index contributed by atoms with van der Waals surface area (Å²) in [5.74, 6) is 1.66. The van der Waals surface area contributed by atoms with Crippen LogP contribution in [0.1, 0.15) is 22.8 Å². The smallest absolute Gasteiger partial charge is 0.244 e. The number of ketones is 1. The van der Waals surface area contributed by atoms with Gasteiger partial charge in [0, 0.05) is 31.0 Å². The van der Waals surface area contributed by atoms with E-state index in [9.17, 15) is 9.59 Å². The molecule has 6 heteroatoms. The number of hydrogen-bond acceptors (Lipinski definition) is 5. The predicted octanol–water partition coefficient (Wildman–Crippen LogP) is 1.72. The van der Waals surface area contributed by atoms with Crippen molar-refractivity contribution in [3.63, 3.8) is 0 Å². The van der Waals surface area contributed by atoms with E-state index >= 15 is 0 Å². The number of thioether (sulfide) groups is 1. The van der Waals surface area contributed by atoms with Gasteiger partial charge in [0.1, 0.15) is 5.75 Å². The molecule has 5 nitrogen and oxygen atoms in total. The lowest BCUT2D eigenvalue weighted by molar-refractivity contribution is -0.122. The minimum absolute atomic E-state index is 0.0178. The molecule has 0 aliphatic rings. The van der Waals surface area contributed by atoms with Crippen molar-refractivity contribution in [3.8, 4) is 5.75 Å². The number of hydrogen-bond donors (Lipinski definition) is 1. The fourth-order valence-corrected chi connectivity index (χ4v) is 2.44. The molecular formula is C14H20N2O3S. The standard InChI is InChI=1S/C14H20N2O3S/c1-10(17)11-5-6-13(19-4)12(7-11)8-20-9-14(18)15-16(2)3/h5-7H,8-9H2,1-4H3,(H,15,18). The van der Waals surface area contributed by atoms with Crippen molar-refractivity contribution in [2.45, 2.75) is 12.7 Å². The molecule has 0 fully saturated rings. The number of ether oxygens (including phenoxy) is 1. The molecule has 1 aromatic carbocycles. The molecule has 1 rings (SSSR count). The SMILES string of the molecule is COc1ccc(C(C)=O)cc1CSCC(=O)NN(C)C. The topological polar surface area (TPSA) is 58.6 Å². The van der Waals surface area contributed by atoms with Gasteiger partial charge in [0.15, 0.2) is 5.78 Å². The number of rotatable bonds is 7. The third-order valence-electron chi connectivity index (χ3n) is 2.53. The first-order valence-electron chi connectivity index (χ1n) is 6.16. The third-order valence-corrected chi connectivity index (χ3v) is 3.51. The summed E-state index contributed by atoms with van der Waals surface area (Å²) in [6, 6.07) is 5.35. The van der Waals surface area contributed by atoms with Crippen molar-refractivity contribution in [2.75, 3.05) is 27.0 Å². The monoisotopic (exact) mass is 296 g/mol. The van der Waals surface area contributed by atoms with Crippen molar-refractivity contribution in [3.05, 3.63) is 29.3 Å². The highest BCUT2D eigenvalue weighted by molar-refractivity contribution is 7.99. The maximum atomic E-state index is 11.5. The summed E-state index contributed by atoms with van der Waals surface area (Å²) in [5, 5.41) is 1.61. The van der Waals surface area contributed by atoms with E-state index in [4.69, 9.17) is 4.74 Å². The number of amides is 1. The lowest BCUT2D eigenvalue weighted by Crippen LogP contribution is -2.37. The number of nitrogens with one attached hydrogen (secondary N) is 1. The van der Waals surface area contributed by atoms with Gasteiger partial charge in [-0.25, -0.2) is 5.01 Å². The molecule has 0 radical (unpaired) electrons. The highest BCUT2D eigenvalue weighted by Crippen LogP contribution is 2.24. The zero-order chi connectivity index (χ0) is 15.1. The van der Waals surface area contributed by atoms with Gasteiger partial charge in [0.05, 0.1) is 12.9 Å². The predicted molar refractivity (Wildman–Crippen MR) is 81.0 cm³/mol. The fourth-order valence-electron chi connectivity index (χ4n) is 1.65. The maximum Gasteiger partial charge on any atom is 0.244 e. The van der Waals surface area contributed by atoms with Gasteiger partial charge in [-0.05, 0) is 25.1 Å². The Bertz CT molecular complexity index is 489. The third kappa shape index (κ3) is 5.22. The van der Waals surface area contributed by atoms with Crippen molar-refractivity contribution >= 4 is 23.5 Å². The first kappa shape index (κ1) is 16.5. The van der Waals surface area contributed by atoms with Crippen molar-refractivity contribution in [1.82, 2.24) is 10.4 Å². The van der Waals surface area contributed by atoms with Crippen LogP contribution in [0.5, 0.6) is 5.75 Å². The summed E-state index contributed by atoms with van der Waals surface area (Å²) in [7, 11) is 5.12. The Morgan fingerprint density at radius 1 is 1.35 bits per heavy atom. The van der Waals surface area contributed by atoms with Crippen molar-refractivity contribution in [2.24, 2.45) is 0 Å². The van der Waals surface area contributed by atoms with Crippen LogP contribution in [0.2, 0.25) is 0 Å². The Morgan fingerprint density at radius 2 is 2.05 bits per heavy atom. The van der Waals surface area contributed by atoms with Gasteiger partial charge in [-0.3, -0.25) is 15.0 Å². The van der Waals surface area contributed by atoms with E-state index in [-0.39, 0.29) is 11.7 Å². The Hall–Kier alpha value is -1.53. The van der Waals surface area contributed by atoms with Crippen LogP contribution in [0.3, 0.4) is 0 Å². The van der Waals surface area contributed by atoms with Crippen LogP contribution in [0, 0.1) is 0 Å². The molecule has 0 saturated heterocycles. The molecule has 1 aromatic rings. The number of carbonyl (C=O) groups excluding carboxylic acids is 2. The number of benzene rings is 1. The lowest BCUT2D eigenvalue weighted by Gasteiger charge is -2.12. The van der Waals surface area contributed by atoms with Crippen LogP contribution in [-0.4, -0.2) is 43.7 Å². The molecule has 0 saturated carbocycles. The molecule has 0 spiro atoms. The summed E-state index contributed by atoms with van der Waals surface area (Å²) in [6.45, 7) is 1.53. The molecule has 20 heavy (non-hydrogen) atoms. The van der Waals surface area contributed by atoms with Crippen LogP contribution in [-0.2, 0) is 10.5 Å². The van der Waals surface area contributed by atoms with E-state index in [1.165, 1.54) is 18.7 Å². The minimum Gasteiger partial charge on any atom is -0.496 e. The first-order chi connectivity index (χ1) is 9.43. The second-order valence-corrected chi connectivity index (χ2v) is 5.49. The van der Waals surface area contributed by atoms with E-state index in [0.717, 1.165) is 11.3 Å². The number of Topliss-reactive ketones (excluding diaryl/α,β-unsaturated/α-hetero) is 1. The number of methoxy groups -OCH3 is 1. The molecule has 0 aromatic heterocycles. The minimum atomic E-state index is -0.0540. The lowest BCUT2D eigenvalue weighted by atomic mass is 10.1. The normalized spacial score (nSPS) is 10.4. The summed E-state index contributed by atoms with van der Waals surface area (Å²) < 4.78 is 5.27. The van der Waals surface area contributed by atoms with E-state index < -0.39 is 0 Å². The number of nitrogens with zero attached hydrogens (tertiary/aromatic N) is 1. The van der Waals surface area contributed by atoms with Gasteiger partial charge < -0.3 is 4.74 Å². The van der Waals surface area contributed by atoms with E-state index in [2.05, 4.69) is 5.43 Å². The first-order valence-corrected chi connectivity index (χ1v) is 7.32. The van der Waals surface area contributed by atoms with Gasteiger partial charge in [-0.2, -0.15) is 0 Å². The van der Waals surface area contributed by atoms with Gasteiger partial charge in [0.25, 0.3) is 0 Å². The van der Waals surface area contributed by atoms with Gasteiger partial charge in [-0.15, -0.1) is 11.8 Å². The molecule has 110 valence electrons. The Morgan fingerprint density at radius 3 is 2.60 bits per heavy atom. The van der Waals surface area contributed by atoms with E-state index in [0.29, 0.717) is 17.1 Å². The molecule has 1 N–H and O–H groups in total. The molecular weight excluding hydrogens is 276 g/mol. The second kappa shape index (κ2) is 7.91. The van der Waals surface area contributed by atoms with Crippen LogP contribution < -0.4 is 10.2 Å².